The SMILES string of the molecule is CC(=O)c1ccc2c(c1)[C@H](NC(=O)c1cc(Br)c(F)cc1Br)[C@@H](O)C(C)(C)O2. The summed E-state index contributed by atoms with van der Waals surface area (Å²) in [7, 11) is 0. The van der Waals surface area contributed by atoms with E-state index < -0.39 is 29.5 Å². The molecule has 8 heteroatoms. The highest BCUT2D eigenvalue weighted by atomic mass is 79.9. The third kappa shape index (κ3) is 3.86. The third-order valence-corrected chi connectivity index (χ3v) is 5.96. The Balaban J connectivity index is 2.03. The number of benzene rings is 2. The van der Waals surface area contributed by atoms with Gasteiger partial charge in [-0.05, 0) is 83.0 Å². The predicted octanol–water partition coefficient (Wildman–Crippen LogP) is 4.56. The van der Waals surface area contributed by atoms with Crippen LogP contribution in [0.3, 0.4) is 0 Å². The molecule has 1 heterocycles. The van der Waals surface area contributed by atoms with Crippen LogP contribution in [0.1, 0.15) is 53.1 Å². The van der Waals surface area contributed by atoms with Crippen LogP contribution in [0.15, 0.2) is 39.3 Å². The van der Waals surface area contributed by atoms with Crippen molar-refractivity contribution < 1.29 is 23.8 Å². The number of halogens is 3. The maximum absolute atomic E-state index is 13.7. The van der Waals surface area contributed by atoms with E-state index in [2.05, 4.69) is 37.2 Å². The molecule has 2 atom stereocenters. The van der Waals surface area contributed by atoms with Crippen molar-refractivity contribution in [2.75, 3.05) is 0 Å². The maximum Gasteiger partial charge on any atom is 0.253 e. The predicted molar refractivity (Wildman–Crippen MR) is 109 cm³/mol. The molecular weight excluding hydrogens is 497 g/mol. The molecule has 1 aliphatic heterocycles. The van der Waals surface area contributed by atoms with Crippen molar-refractivity contribution in [2.45, 2.75) is 38.5 Å². The molecule has 0 aliphatic carbocycles. The second kappa shape index (κ2) is 7.57. The van der Waals surface area contributed by atoms with Crippen molar-refractivity contribution >= 4 is 43.6 Å². The van der Waals surface area contributed by atoms with Crippen LogP contribution in [-0.4, -0.2) is 28.5 Å². The van der Waals surface area contributed by atoms with Gasteiger partial charge < -0.3 is 15.2 Å². The molecule has 0 saturated carbocycles. The number of nitrogens with one attached hydrogen (secondary N) is 1. The van der Waals surface area contributed by atoms with Gasteiger partial charge in [0.2, 0.25) is 0 Å². The normalized spacial score (nSPS) is 20.1. The molecule has 0 spiro atoms. The van der Waals surface area contributed by atoms with Crippen molar-refractivity contribution in [3.05, 3.63) is 61.8 Å². The van der Waals surface area contributed by atoms with Gasteiger partial charge in [0.1, 0.15) is 23.3 Å². The van der Waals surface area contributed by atoms with Crippen molar-refractivity contribution in [3.8, 4) is 5.75 Å². The zero-order chi connectivity index (χ0) is 20.8. The summed E-state index contributed by atoms with van der Waals surface area (Å²) in [4.78, 5) is 24.6. The summed E-state index contributed by atoms with van der Waals surface area (Å²) in [5.41, 5.74) is 0.182. The Morgan fingerprint density at radius 1 is 1.18 bits per heavy atom. The molecule has 1 amide bonds. The average molecular weight is 515 g/mol. The van der Waals surface area contributed by atoms with Gasteiger partial charge in [-0.3, -0.25) is 9.59 Å². The zero-order valence-electron chi connectivity index (χ0n) is 15.3. The van der Waals surface area contributed by atoms with Gasteiger partial charge in [0.05, 0.1) is 16.1 Å². The fourth-order valence-corrected chi connectivity index (χ4v) is 3.93. The summed E-state index contributed by atoms with van der Waals surface area (Å²) >= 11 is 6.27. The van der Waals surface area contributed by atoms with Gasteiger partial charge in [-0.2, -0.15) is 0 Å². The number of hydrogen-bond acceptors (Lipinski definition) is 4. The molecule has 2 N–H and O–H groups in total. The van der Waals surface area contributed by atoms with Crippen LogP contribution < -0.4 is 10.1 Å². The lowest BCUT2D eigenvalue weighted by Crippen LogP contribution is -2.53. The number of ketones is 1. The summed E-state index contributed by atoms with van der Waals surface area (Å²) < 4.78 is 20.0. The highest BCUT2D eigenvalue weighted by Crippen LogP contribution is 2.40. The Kier molecular flexibility index (Phi) is 5.67. The molecule has 0 radical (unpaired) electrons. The lowest BCUT2D eigenvalue weighted by atomic mass is 9.85. The quantitative estimate of drug-likeness (QED) is 0.465. The topological polar surface area (TPSA) is 75.6 Å². The van der Waals surface area contributed by atoms with Gasteiger partial charge in [-0.15, -0.1) is 0 Å². The van der Waals surface area contributed by atoms with Gasteiger partial charge in [0, 0.05) is 15.6 Å². The number of aliphatic hydroxyl groups excluding tert-OH is 1. The molecule has 0 fully saturated rings. The van der Waals surface area contributed by atoms with Crippen LogP contribution in [0.4, 0.5) is 4.39 Å². The molecule has 28 heavy (non-hydrogen) atoms. The Labute approximate surface area is 178 Å². The van der Waals surface area contributed by atoms with Crippen LogP contribution in [0.5, 0.6) is 5.75 Å². The maximum atomic E-state index is 13.7. The monoisotopic (exact) mass is 513 g/mol. The van der Waals surface area contributed by atoms with E-state index in [1.54, 1.807) is 32.0 Å². The van der Waals surface area contributed by atoms with Gasteiger partial charge >= 0.3 is 0 Å². The Bertz CT molecular complexity index is 977. The smallest absolute Gasteiger partial charge is 0.253 e. The van der Waals surface area contributed by atoms with E-state index in [1.807, 2.05) is 0 Å². The van der Waals surface area contributed by atoms with E-state index in [0.717, 1.165) is 0 Å². The molecule has 0 unspecified atom stereocenters. The van der Waals surface area contributed by atoms with Crippen molar-refractivity contribution in [3.63, 3.8) is 0 Å². The molecule has 148 valence electrons. The summed E-state index contributed by atoms with van der Waals surface area (Å²) in [6, 6.07) is 6.63. The first-order valence-electron chi connectivity index (χ1n) is 8.48. The molecular formula is C20H18Br2FNO4. The number of hydrogen-bond donors (Lipinski definition) is 2. The Morgan fingerprint density at radius 2 is 1.86 bits per heavy atom. The number of rotatable bonds is 3. The molecule has 1 aliphatic rings. The van der Waals surface area contributed by atoms with E-state index in [1.165, 1.54) is 19.1 Å². The second-order valence-electron chi connectivity index (χ2n) is 7.16. The molecule has 5 nitrogen and oxygen atoms in total. The number of carbonyl (C=O) groups is 2. The Hall–Kier alpha value is -1.77. The van der Waals surface area contributed by atoms with E-state index in [4.69, 9.17) is 4.74 Å². The largest absolute Gasteiger partial charge is 0.485 e. The third-order valence-electron chi connectivity index (χ3n) is 4.69. The van der Waals surface area contributed by atoms with Gasteiger partial charge in [-0.25, -0.2) is 4.39 Å². The van der Waals surface area contributed by atoms with Crippen LogP contribution in [-0.2, 0) is 0 Å². The number of amides is 1. The first-order valence-corrected chi connectivity index (χ1v) is 10.1. The molecule has 2 aromatic carbocycles. The fourth-order valence-electron chi connectivity index (χ4n) is 3.09. The van der Waals surface area contributed by atoms with Crippen molar-refractivity contribution in [2.24, 2.45) is 0 Å². The number of fused-ring (bicyclic) bond motifs is 1. The molecule has 3 rings (SSSR count). The number of Topliss-reactive ketones (excluding diaryl/α,β-unsaturated/α-hetero) is 1. The summed E-state index contributed by atoms with van der Waals surface area (Å²) in [5.74, 6) is -0.678. The average Bonchev–Trinajstić information content (AvgIpc) is 2.61. The Morgan fingerprint density at radius 3 is 2.50 bits per heavy atom. The standard InChI is InChI=1S/C20H18Br2FNO4/c1-9(25)10-4-5-16-12(6-10)17(18(26)20(2,3)28-16)24-19(27)11-7-14(22)15(23)8-13(11)21/h4-8,17-18,26H,1-3H3,(H,24,27)/t17-,18+/m0/s1. The highest BCUT2D eigenvalue weighted by Gasteiger charge is 2.44. The minimum Gasteiger partial charge on any atom is -0.485 e. The van der Waals surface area contributed by atoms with Crippen molar-refractivity contribution in [1.29, 1.82) is 0 Å². The molecule has 0 bridgehead atoms. The van der Waals surface area contributed by atoms with Gasteiger partial charge in [0.15, 0.2) is 5.78 Å². The second-order valence-corrected chi connectivity index (χ2v) is 8.87. The van der Waals surface area contributed by atoms with E-state index in [0.29, 0.717) is 16.9 Å². The van der Waals surface area contributed by atoms with Crippen LogP contribution in [0, 0.1) is 5.82 Å². The first-order chi connectivity index (χ1) is 13.0. The zero-order valence-corrected chi connectivity index (χ0v) is 18.5. The van der Waals surface area contributed by atoms with E-state index >= 15 is 0 Å². The lowest BCUT2D eigenvalue weighted by Gasteiger charge is -2.42. The highest BCUT2D eigenvalue weighted by molar-refractivity contribution is 9.11. The minimum atomic E-state index is -1.08. The lowest BCUT2D eigenvalue weighted by molar-refractivity contribution is -0.0627. The van der Waals surface area contributed by atoms with E-state index in [-0.39, 0.29) is 20.3 Å². The summed E-state index contributed by atoms with van der Waals surface area (Å²) in [6.07, 6.45) is -1.08. The number of ether oxygens (including phenoxy) is 1. The molecule has 0 aromatic heterocycles. The summed E-state index contributed by atoms with van der Waals surface area (Å²) in [5, 5.41) is 13.6. The number of carbonyl (C=O) groups excluding carboxylic acids is 2. The van der Waals surface area contributed by atoms with Crippen LogP contribution in [0.2, 0.25) is 0 Å². The summed E-state index contributed by atoms with van der Waals surface area (Å²) in [6.45, 7) is 4.86. The van der Waals surface area contributed by atoms with Crippen LogP contribution >= 0.6 is 31.9 Å². The molecule has 2 aromatic rings. The number of aliphatic hydroxyl groups is 1. The van der Waals surface area contributed by atoms with Crippen LogP contribution in [0.25, 0.3) is 0 Å². The molecule has 0 saturated heterocycles. The minimum absolute atomic E-state index is 0.141. The van der Waals surface area contributed by atoms with E-state index in [9.17, 15) is 19.1 Å². The van der Waals surface area contributed by atoms with Crippen molar-refractivity contribution in [1.82, 2.24) is 5.32 Å². The van der Waals surface area contributed by atoms with Gasteiger partial charge in [0.25, 0.3) is 5.91 Å². The first kappa shape index (κ1) is 21.0. The van der Waals surface area contributed by atoms with Gasteiger partial charge in [-0.1, -0.05) is 0 Å². The fraction of sp³-hybridized carbons (Fsp3) is 0.300.